The van der Waals surface area contributed by atoms with Crippen LogP contribution in [0.3, 0.4) is 0 Å². The van der Waals surface area contributed by atoms with Crippen LogP contribution in [0.5, 0.6) is 0 Å². The zero-order valence-electron chi connectivity index (χ0n) is 6.23. The first-order valence-corrected chi connectivity index (χ1v) is 3.99. The van der Waals surface area contributed by atoms with E-state index in [4.69, 9.17) is 5.84 Å². The van der Waals surface area contributed by atoms with Gasteiger partial charge >= 0.3 is 64.6 Å². The summed E-state index contributed by atoms with van der Waals surface area (Å²) in [6.45, 7) is 6.29. The predicted octanol–water partition coefficient (Wildman–Crippen LogP) is 1.08. The average molecular weight is 186 g/mol. The molecule has 9 heavy (non-hydrogen) atoms. The van der Waals surface area contributed by atoms with Crippen LogP contribution >= 0.6 is 0 Å². The zero-order valence-corrected chi connectivity index (χ0v) is 8.33. The molecule has 0 atom stereocenters. The molecule has 0 aromatic rings. The molecule has 0 heterocycles. The summed E-state index contributed by atoms with van der Waals surface area (Å²) in [6, 6.07) is 0. The Morgan fingerprint density at radius 2 is 2.11 bits per heavy atom. The Labute approximate surface area is 65.1 Å². The van der Waals surface area contributed by atoms with Gasteiger partial charge in [-0.1, -0.05) is 0 Å². The number of nitrogens with zero attached hydrogens (tertiary/aromatic N) is 1. The van der Waals surface area contributed by atoms with Gasteiger partial charge in [-0.3, -0.25) is 0 Å². The van der Waals surface area contributed by atoms with Crippen LogP contribution in [-0.4, -0.2) is 22.2 Å². The summed E-state index contributed by atoms with van der Waals surface area (Å²) in [7, 11) is 0. The molecule has 0 saturated carbocycles. The maximum atomic E-state index is 5.07. The van der Waals surface area contributed by atoms with Gasteiger partial charge in [-0.25, -0.2) is 0 Å². The van der Waals surface area contributed by atoms with E-state index in [2.05, 4.69) is 35.5 Å². The van der Waals surface area contributed by atoms with Crippen LogP contribution in [0.15, 0.2) is 5.10 Å². The predicted molar refractivity (Wildman–Crippen MR) is 41.7 cm³/mol. The van der Waals surface area contributed by atoms with Gasteiger partial charge in [-0.05, 0) is 0 Å². The van der Waals surface area contributed by atoms with Crippen molar-refractivity contribution in [1.29, 1.82) is 0 Å². The van der Waals surface area contributed by atoms with Gasteiger partial charge in [-0.2, -0.15) is 0 Å². The minimum absolute atomic E-state index is 0.312. The Hall–Kier alpha value is 0.0129. The van der Waals surface area contributed by atoms with Gasteiger partial charge in [0, 0.05) is 0 Å². The summed E-state index contributed by atoms with van der Waals surface area (Å²) in [5.74, 6) is 5.07. The van der Waals surface area contributed by atoms with Gasteiger partial charge in [0.15, 0.2) is 0 Å². The van der Waals surface area contributed by atoms with Crippen molar-refractivity contribution in [2.45, 2.75) is 31.4 Å². The Balaban J connectivity index is 3.75. The van der Waals surface area contributed by atoms with Crippen LogP contribution in [0.25, 0.3) is 0 Å². The Kier molecular flexibility index (Phi) is 3.25. The molecule has 0 fully saturated rings. The summed E-state index contributed by atoms with van der Waals surface area (Å²) in [5, 5.41) is 3.59. The van der Waals surface area contributed by atoms with Crippen LogP contribution < -0.4 is 5.84 Å². The molecule has 0 aromatic heterocycles. The first-order chi connectivity index (χ1) is 3.95. The summed E-state index contributed by atoms with van der Waals surface area (Å²) in [4.78, 5) is 0. The van der Waals surface area contributed by atoms with E-state index in [0.29, 0.717) is 4.25 Å². The second kappa shape index (κ2) is 3.25. The average Bonchev–Trinajstić information content (AvgIpc) is 1.62. The van der Waals surface area contributed by atoms with Crippen molar-refractivity contribution in [2.24, 2.45) is 10.9 Å². The molecule has 2 N–H and O–H groups in total. The fourth-order valence-corrected chi connectivity index (χ4v) is 1.22. The van der Waals surface area contributed by atoms with Crippen molar-refractivity contribution in [1.82, 2.24) is 0 Å². The molecule has 0 rings (SSSR count). The molecular formula is C6H13GeN2. The van der Waals surface area contributed by atoms with Crippen LogP contribution in [0.1, 0.15) is 27.2 Å². The fraction of sp³-hybridized carbons (Fsp3) is 0.833. The van der Waals surface area contributed by atoms with Crippen LogP contribution in [-0.2, 0) is 0 Å². The number of hydrogen-bond acceptors (Lipinski definition) is 2. The van der Waals surface area contributed by atoms with Crippen LogP contribution in [0.2, 0.25) is 4.25 Å². The van der Waals surface area contributed by atoms with Crippen molar-refractivity contribution >= 4 is 22.2 Å². The second-order valence-corrected chi connectivity index (χ2v) is 5.76. The molecule has 0 bridgehead atoms. The molecule has 0 unspecified atom stereocenters. The van der Waals surface area contributed by atoms with Crippen LogP contribution in [0.4, 0.5) is 0 Å². The Morgan fingerprint density at radius 1 is 1.67 bits per heavy atom. The molecule has 0 saturated heterocycles. The minimum atomic E-state index is 0.312. The molecule has 0 aliphatic heterocycles. The van der Waals surface area contributed by atoms with Gasteiger partial charge in [0.05, 0.1) is 0 Å². The summed E-state index contributed by atoms with van der Waals surface area (Å²) < 4.78 is 0.312. The van der Waals surface area contributed by atoms with Gasteiger partial charge in [0.2, 0.25) is 0 Å². The number of hydrogen-bond donors (Lipinski definition) is 1. The molecule has 3 heteroatoms. The van der Waals surface area contributed by atoms with Crippen LogP contribution in [0, 0.1) is 0 Å². The van der Waals surface area contributed by atoms with Crippen molar-refractivity contribution in [3.8, 4) is 0 Å². The third kappa shape index (κ3) is 5.89. The SMILES string of the molecule is C/C(C[C](C)(C)[Ge])=N\N. The van der Waals surface area contributed by atoms with Crippen molar-refractivity contribution in [3.05, 3.63) is 0 Å². The number of hydrazone groups is 1. The van der Waals surface area contributed by atoms with E-state index in [1.165, 1.54) is 0 Å². The first kappa shape index (κ1) is 9.01. The van der Waals surface area contributed by atoms with Gasteiger partial charge in [0.1, 0.15) is 0 Å². The van der Waals surface area contributed by atoms with Crippen molar-refractivity contribution in [2.75, 3.05) is 0 Å². The van der Waals surface area contributed by atoms with E-state index < -0.39 is 0 Å². The van der Waals surface area contributed by atoms with Gasteiger partial charge in [-0.15, -0.1) is 0 Å². The first-order valence-electron chi connectivity index (χ1n) is 2.94. The summed E-state index contributed by atoms with van der Waals surface area (Å²) in [6.07, 6.45) is 0.976. The third-order valence-electron chi connectivity index (χ3n) is 0.918. The normalized spacial score (nSPS) is 14.0. The van der Waals surface area contributed by atoms with E-state index in [1.54, 1.807) is 0 Å². The number of nitrogens with two attached hydrogens (primary N) is 1. The molecular weight excluding hydrogens is 173 g/mol. The third-order valence-corrected chi connectivity index (χ3v) is 1.29. The van der Waals surface area contributed by atoms with E-state index >= 15 is 0 Å². The molecule has 0 aromatic carbocycles. The molecule has 0 aliphatic carbocycles. The summed E-state index contributed by atoms with van der Waals surface area (Å²) >= 11 is 2.17. The fourth-order valence-electron chi connectivity index (χ4n) is 0.685. The number of rotatable bonds is 2. The Morgan fingerprint density at radius 3 is 2.22 bits per heavy atom. The summed E-state index contributed by atoms with van der Waals surface area (Å²) in [5.41, 5.74) is 1.02. The van der Waals surface area contributed by atoms with E-state index in [9.17, 15) is 0 Å². The molecule has 3 radical (unpaired) electrons. The monoisotopic (exact) mass is 187 g/mol. The van der Waals surface area contributed by atoms with Gasteiger partial charge < -0.3 is 0 Å². The standard InChI is InChI=1S/C6H13GeN2/c1-5(9-8)4-6(2,3)7/h4,8H2,1-3H3/b9-5+. The van der Waals surface area contributed by atoms with Crippen molar-refractivity contribution in [3.63, 3.8) is 0 Å². The maximum absolute atomic E-state index is 5.07. The topological polar surface area (TPSA) is 38.4 Å². The zero-order chi connectivity index (χ0) is 7.49. The van der Waals surface area contributed by atoms with E-state index in [0.717, 1.165) is 12.1 Å². The molecule has 0 spiro atoms. The molecule has 0 aliphatic rings. The molecule has 2 nitrogen and oxygen atoms in total. The molecule has 51 valence electrons. The molecule has 0 amide bonds. The van der Waals surface area contributed by atoms with E-state index in [1.807, 2.05) is 6.92 Å². The van der Waals surface area contributed by atoms with Crippen molar-refractivity contribution < 1.29 is 0 Å². The van der Waals surface area contributed by atoms with E-state index in [-0.39, 0.29) is 0 Å². The van der Waals surface area contributed by atoms with Gasteiger partial charge in [0.25, 0.3) is 0 Å². The Bertz CT molecular complexity index is 113. The quantitative estimate of drug-likeness (QED) is 0.298. The second-order valence-electron chi connectivity index (χ2n) is 2.93.